The third-order valence-corrected chi connectivity index (χ3v) is 4.73. The van der Waals surface area contributed by atoms with Gasteiger partial charge in [0.15, 0.2) is 0 Å². The van der Waals surface area contributed by atoms with E-state index in [1.165, 1.54) is 12.8 Å². The largest absolute Gasteiger partial charge is 0.481 e. The highest BCUT2D eigenvalue weighted by Crippen LogP contribution is 2.27. The van der Waals surface area contributed by atoms with Crippen LogP contribution in [0.2, 0.25) is 0 Å². The standard InChI is InChI=1S/C15H29NO2S/c1-11(2)7-13(8-12(3)4)16-5-6-19-10-14(16)9-15(17)18/h11-14H,5-10H2,1-4H3,(H,17,18). The van der Waals surface area contributed by atoms with Gasteiger partial charge < -0.3 is 5.11 Å². The van der Waals surface area contributed by atoms with E-state index < -0.39 is 5.97 Å². The number of hydrogen-bond donors (Lipinski definition) is 1. The molecule has 0 aromatic carbocycles. The lowest BCUT2D eigenvalue weighted by Crippen LogP contribution is -2.50. The number of aliphatic carboxylic acids is 1. The lowest BCUT2D eigenvalue weighted by Gasteiger charge is -2.42. The van der Waals surface area contributed by atoms with E-state index >= 15 is 0 Å². The van der Waals surface area contributed by atoms with Crippen molar-refractivity contribution < 1.29 is 9.90 Å². The minimum atomic E-state index is -0.662. The molecule has 0 radical (unpaired) electrons. The van der Waals surface area contributed by atoms with E-state index in [0.29, 0.717) is 24.3 Å². The lowest BCUT2D eigenvalue weighted by atomic mass is 9.93. The zero-order valence-electron chi connectivity index (χ0n) is 12.8. The third-order valence-electron chi connectivity index (χ3n) is 3.64. The Balaban J connectivity index is 2.73. The van der Waals surface area contributed by atoms with Crippen molar-refractivity contribution in [3.8, 4) is 0 Å². The Labute approximate surface area is 122 Å². The molecule has 19 heavy (non-hydrogen) atoms. The molecule has 0 amide bonds. The predicted octanol–water partition coefficient (Wildman–Crippen LogP) is 3.34. The molecule has 112 valence electrons. The molecule has 1 saturated heterocycles. The quantitative estimate of drug-likeness (QED) is 0.779. The molecule has 0 aliphatic carbocycles. The summed E-state index contributed by atoms with van der Waals surface area (Å²) in [5.74, 6) is 2.79. The Bertz CT molecular complexity index is 271. The van der Waals surface area contributed by atoms with Gasteiger partial charge in [-0.2, -0.15) is 11.8 Å². The van der Waals surface area contributed by atoms with Gasteiger partial charge in [0.2, 0.25) is 0 Å². The normalized spacial score (nSPS) is 21.5. The van der Waals surface area contributed by atoms with Gasteiger partial charge in [-0.15, -0.1) is 0 Å². The van der Waals surface area contributed by atoms with Gasteiger partial charge in [0.25, 0.3) is 0 Å². The topological polar surface area (TPSA) is 40.5 Å². The maximum absolute atomic E-state index is 11.0. The van der Waals surface area contributed by atoms with Crippen LogP contribution in [0.1, 0.15) is 47.0 Å². The van der Waals surface area contributed by atoms with Gasteiger partial charge >= 0.3 is 5.97 Å². The van der Waals surface area contributed by atoms with E-state index in [2.05, 4.69) is 32.6 Å². The first kappa shape index (κ1) is 16.8. The number of rotatable bonds is 7. The van der Waals surface area contributed by atoms with Crippen LogP contribution in [0.4, 0.5) is 0 Å². The highest BCUT2D eigenvalue weighted by molar-refractivity contribution is 7.99. The summed E-state index contributed by atoms with van der Waals surface area (Å²) >= 11 is 1.90. The van der Waals surface area contributed by atoms with Crippen LogP contribution in [0, 0.1) is 11.8 Å². The number of hydrogen-bond acceptors (Lipinski definition) is 3. The smallest absolute Gasteiger partial charge is 0.304 e. The van der Waals surface area contributed by atoms with Crippen molar-refractivity contribution >= 4 is 17.7 Å². The van der Waals surface area contributed by atoms with Crippen LogP contribution in [-0.4, -0.2) is 46.1 Å². The average Bonchev–Trinajstić information content (AvgIpc) is 2.26. The highest BCUT2D eigenvalue weighted by atomic mass is 32.2. The SMILES string of the molecule is CC(C)CC(CC(C)C)N1CCSCC1CC(=O)O. The second-order valence-electron chi connectivity index (χ2n) is 6.48. The Morgan fingerprint density at radius 2 is 1.84 bits per heavy atom. The summed E-state index contributed by atoms with van der Waals surface area (Å²) in [6.07, 6.45) is 2.65. The van der Waals surface area contributed by atoms with Gasteiger partial charge in [-0.05, 0) is 24.7 Å². The second kappa shape index (κ2) is 8.15. The molecule has 1 rings (SSSR count). The van der Waals surface area contributed by atoms with E-state index in [1.54, 1.807) is 0 Å². The summed E-state index contributed by atoms with van der Waals surface area (Å²) in [5.41, 5.74) is 0. The van der Waals surface area contributed by atoms with Crippen LogP contribution >= 0.6 is 11.8 Å². The van der Waals surface area contributed by atoms with E-state index in [-0.39, 0.29) is 6.04 Å². The molecule has 1 N–H and O–H groups in total. The van der Waals surface area contributed by atoms with E-state index in [1.807, 2.05) is 11.8 Å². The highest BCUT2D eigenvalue weighted by Gasteiger charge is 2.31. The van der Waals surface area contributed by atoms with Gasteiger partial charge in [-0.3, -0.25) is 9.69 Å². The van der Waals surface area contributed by atoms with Crippen molar-refractivity contribution in [1.82, 2.24) is 4.90 Å². The number of nitrogens with zero attached hydrogens (tertiary/aromatic N) is 1. The van der Waals surface area contributed by atoms with Crippen LogP contribution in [0.25, 0.3) is 0 Å². The minimum Gasteiger partial charge on any atom is -0.481 e. The molecule has 0 bridgehead atoms. The summed E-state index contributed by atoms with van der Waals surface area (Å²) < 4.78 is 0. The number of thioether (sulfide) groups is 1. The van der Waals surface area contributed by atoms with Crippen molar-refractivity contribution in [2.75, 3.05) is 18.1 Å². The Hall–Kier alpha value is -0.220. The number of carboxylic acid groups (broad SMARTS) is 1. The van der Waals surface area contributed by atoms with Gasteiger partial charge in [-0.1, -0.05) is 27.7 Å². The molecule has 1 fully saturated rings. The van der Waals surface area contributed by atoms with Crippen molar-refractivity contribution in [1.29, 1.82) is 0 Å². The molecule has 1 unspecified atom stereocenters. The van der Waals surface area contributed by atoms with Crippen molar-refractivity contribution in [3.63, 3.8) is 0 Å². The molecule has 1 heterocycles. The summed E-state index contributed by atoms with van der Waals surface area (Å²) in [6.45, 7) is 10.1. The third kappa shape index (κ3) is 6.17. The van der Waals surface area contributed by atoms with Crippen LogP contribution in [0.5, 0.6) is 0 Å². The monoisotopic (exact) mass is 287 g/mol. The summed E-state index contributed by atoms with van der Waals surface area (Å²) in [5, 5.41) is 9.09. The first-order valence-corrected chi connectivity index (χ1v) is 8.60. The van der Waals surface area contributed by atoms with Crippen molar-refractivity contribution in [2.45, 2.75) is 59.0 Å². The van der Waals surface area contributed by atoms with Gasteiger partial charge in [0.05, 0.1) is 6.42 Å². The molecule has 1 aliphatic heterocycles. The average molecular weight is 287 g/mol. The fourth-order valence-corrected chi connectivity index (χ4v) is 4.07. The van der Waals surface area contributed by atoms with Crippen LogP contribution in [0.3, 0.4) is 0 Å². The first-order valence-electron chi connectivity index (χ1n) is 7.45. The lowest BCUT2D eigenvalue weighted by molar-refractivity contribution is -0.138. The number of carboxylic acids is 1. The first-order chi connectivity index (χ1) is 8.90. The summed E-state index contributed by atoms with van der Waals surface area (Å²) in [7, 11) is 0. The maximum Gasteiger partial charge on any atom is 0.304 e. The fraction of sp³-hybridized carbons (Fsp3) is 0.933. The van der Waals surface area contributed by atoms with Gasteiger partial charge in [-0.25, -0.2) is 0 Å². The molecule has 0 aromatic heterocycles. The Kier molecular flexibility index (Phi) is 7.22. The zero-order valence-corrected chi connectivity index (χ0v) is 13.6. The predicted molar refractivity (Wildman–Crippen MR) is 82.8 cm³/mol. The van der Waals surface area contributed by atoms with Gasteiger partial charge in [0, 0.05) is 30.1 Å². The molecule has 0 aromatic rings. The van der Waals surface area contributed by atoms with E-state index in [4.69, 9.17) is 5.11 Å². The van der Waals surface area contributed by atoms with Crippen LogP contribution in [-0.2, 0) is 4.79 Å². The molecule has 1 aliphatic rings. The number of carbonyl (C=O) groups is 1. The molecule has 3 nitrogen and oxygen atoms in total. The summed E-state index contributed by atoms with van der Waals surface area (Å²) in [6, 6.07) is 0.768. The maximum atomic E-state index is 11.0. The minimum absolute atomic E-state index is 0.221. The van der Waals surface area contributed by atoms with Gasteiger partial charge in [0.1, 0.15) is 0 Å². The van der Waals surface area contributed by atoms with Crippen molar-refractivity contribution in [2.24, 2.45) is 11.8 Å². The molecule has 1 atom stereocenters. The molecule has 4 heteroatoms. The Morgan fingerprint density at radius 1 is 1.26 bits per heavy atom. The fourth-order valence-electron chi connectivity index (χ4n) is 2.98. The summed E-state index contributed by atoms with van der Waals surface area (Å²) in [4.78, 5) is 13.5. The van der Waals surface area contributed by atoms with E-state index in [9.17, 15) is 4.79 Å². The molecular formula is C15H29NO2S. The van der Waals surface area contributed by atoms with Crippen molar-refractivity contribution in [3.05, 3.63) is 0 Å². The van der Waals surface area contributed by atoms with Crippen LogP contribution < -0.4 is 0 Å². The van der Waals surface area contributed by atoms with Crippen LogP contribution in [0.15, 0.2) is 0 Å². The molecule has 0 spiro atoms. The zero-order chi connectivity index (χ0) is 14.4. The molecule has 0 saturated carbocycles. The molecular weight excluding hydrogens is 258 g/mol. The Morgan fingerprint density at radius 3 is 2.32 bits per heavy atom. The second-order valence-corrected chi connectivity index (χ2v) is 7.63. The van der Waals surface area contributed by atoms with E-state index in [0.717, 1.165) is 18.1 Å².